The van der Waals surface area contributed by atoms with Gasteiger partial charge in [0.2, 0.25) is 0 Å². The molecule has 3 aromatic heterocycles. The Bertz CT molecular complexity index is 1370. The molecule has 0 unspecified atom stereocenters. The van der Waals surface area contributed by atoms with Gasteiger partial charge in [0.15, 0.2) is 0 Å². The number of para-hydroxylation sites is 2. The average molecular weight is 435 g/mol. The Morgan fingerprint density at radius 3 is 2.50 bits per heavy atom. The summed E-state index contributed by atoms with van der Waals surface area (Å²) >= 11 is 0. The molecule has 5 aromatic rings. The fourth-order valence-corrected chi connectivity index (χ4v) is 3.32. The number of imidazole rings is 1. The van der Waals surface area contributed by atoms with E-state index in [1.165, 1.54) is 6.07 Å². The van der Waals surface area contributed by atoms with Crippen LogP contribution in [-0.2, 0) is 12.7 Å². The van der Waals surface area contributed by atoms with Crippen molar-refractivity contribution in [3.05, 3.63) is 90.8 Å². The van der Waals surface area contributed by atoms with Crippen molar-refractivity contribution < 1.29 is 13.2 Å². The van der Waals surface area contributed by atoms with E-state index in [0.717, 1.165) is 34.7 Å². The smallest absolute Gasteiger partial charge is 0.379 e. The van der Waals surface area contributed by atoms with Crippen LogP contribution < -0.4 is 5.32 Å². The fraction of sp³-hybridized carbons (Fsp3) is 0.0909. The number of aromatic nitrogens is 6. The fourth-order valence-electron chi connectivity index (χ4n) is 3.32. The van der Waals surface area contributed by atoms with Crippen LogP contribution in [0.1, 0.15) is 11.4 Å². The minimum absolute atomic E-state index is 0.223. The molecule has 3 heterocycles. The lowest BCUT2D eigenvalue weighted by atomic mass is 10.2. The van der Waals surface area contributed by atoms with E-state index in [4.69, 9.17) is 0 Å². The van der Waals surface area contributed by atoms with E-state index < -0.39 is 11.9 Å². The highest BCUT2D eigenvalue weighted by Gasteiger charge is 2.32. The number of nitrogens with one attached hydrogen (secondary N) is 1. The minimum atomic E-state index is -4.49. The van der Waals surface area contributed by atoms with Crippen molar-refractivity contribution in [3.63, 3.8) is 0 Å². The Labute approximate surface area is 180 Å². The van der Waals surface area contributed by atoms with E-state index in [0.29, 0.717) is 11.4 Å². The number of rotatable bonds is 5. The molecule has 0 aliphatic rings. The Morgan fingerprint density at radius 1 is 0.906 bits per heavy atom. The molecule has 0 spiro atoms. The molecule has 0 atom stereocenters. The number of nitrogens with zero attached hydrogens (tertiary/aromatic N) is 6. The maximum absolute atomic E-state index is 12.8. The number of anilines is 1. The highest BCUT2D eigenvalue weighted by molar-refractivity contribution is 5.77. The topological polar surface area (TPSA) is 73.5 Å². The summed E-state index contributed by atoms with van der Waals surface area (Å²) < 4.78 is 42.0. The summed E-state index contributed by atoms with van der Waals surface area (Å²) in [5.41, 5.74) is 3.64. The standard InChI is InChI=1S/C22H16F3N7/c23-22(24,25)21-11-15(9-10-26-21)27-12-16-13-32(30-29-16)18-7-5-17(6-8-18)31-14-28-19-3-1-2-4-20(19)31/h1-11,13-14H,12H2,(H,26,27). The van der Waals surface area contributed by atoms with Crippen LogP contribution >= 0.6 is 0 Å². The summed E-state index contributed by atoms with van der Waals surface area (Å²) in [4.78, 5) is 7.75. The summed E-state index contributed by atoms with van der Waals surface area (Å²) in [7, 11) is 0. The number of pyridine rings is 1. The predicted octanol–water partition coefficient (Wildman–Crippen LogP) is 4.63. The van der Waals surface area contributed by atoms with Gasteiger partial charge in [0.25, 0.3) is 0 Å². The Balaban J connectivity index is 1.30. The molecular weight excluding hydrogens is 419 g/mol. The van der Waals surface area contributed by atoms with Gasteiger partial charge in [-0.2, -0.15) is 13.2 Å². The van der Waals surface area contributed by atoms with Gasteiger partial charge < -0.3 is 5.32 Å². The first kappa shape index (κ1) is 19.7. The van der Waals surface area contributed by atoms with Crippen LogP contribution in [0.3, 0.4) is 0 Å². The van der Waals surface area contributed by atoms with E-state index >= 15 is 0 Å². The van der Waals surface area contributed by atoms with Crippen LogP contribution in [-0.4, -0.2) is 29.5 Å². The molecule has 0 bridgehead atoms. The van der Waals surface area contributed by atoms with E-state index in [1.807, 2.05) is 53.1 Å². The zero-order valence-corrected chi connectivity index (χ0v) is 16.5. The molecule has 0 amide bonds. The molecule has 0 fully saturated rings. The number of fused-ring (bicyclic) bond motifs is 1. The molecule has 160 valence electrons. The van der Waals surface area contributed by atoms with Crippen molar-refractivity contribution in [1.29, 1.82) is 0 Å². The second kappa shape index (κ2) is 7.80. The van der Waals surface area contributed by atoms with Gasteiger partial charge in [-0.15, -0.1) is 5.10 Å². The average Bonchev–Trinajstić information content (AvgIpc) is 3.45. The lowest BCUT2D eigenvalue weighted by molar-refractivity contribution is -0.141. The molecule has 0 saturated heterocycles. The first-order valence-electron chi connectivity index (χ1n) is 9.69. The van der Waals surface area contributed by atoms with Crippen LogP contribution in [0, 0.1) is 0 Å². The summed E-state index contributed by atoms with van der Waals surface area (Å²) in [5.74, 6) is 0. The molecule has 0 aliphatic heterocycles. The normalized spacial score (nSPS) is 11.7. The summed E-state index contributed by atoms with van der Waals surface area (Å²) in [5, 5.41) is 11.1. The van der Waals surface area contributed by atoms with Gasteiger partial charge in [-0.3, -0.25) is 9.55 Å². The monoisotopic (exact) mass is 435 g/mol. The first-order chi connectivity index (χ1) is 15.5. The second-order valence-electron chi connectivity index (χ2n) is 7.06. The first-order valence-corrected chi connectivity index (χ1v) is 9.69. The molecule has 0 radical (unpaired) electrons. The van der Waals surface area contributed by atoms with Crippen molar-refractivity contribution in [2.24, 2.45) is 0 Å². The predicted molar refractivity (Wildman–Crippen MR) is 113 cm³/mol. The molecule has 10 heteroatoms. The van der Waals surface area contributed by atoms with Crippen molar-refractivity contribution in [3.8, 4) is 11.4 Å². The van der Waals surface area contributed by atoms with E-state index in [2.05, 4.69) is 25.6 Å². The van der Waals surface area contributed by atoms with Gasteiger partial charge in [-0.1, -0.05) is 17.3 Å². The quantitative estimate of drug-likeness (QED) is 0.436. The third-order valence-corrected chi connectivity index (χ3v) is 4.91. The molecule has 1 N–H and O–H groups in total. The summed E-state index contributed by atoms with van der Waals surface area (Å²) in [6.45, 7) is 0.223. The van der Waals surface area contributed by atoms with Gasteiger partial charge in [0, 0.05) is 17.6 Å². The summed E-state index contributed by atoms with van der Waals surface area (Å²) in [6, 6.07) is 18.1. The highest BCUT2D eigenvalue weighted by Crippen LogP contribution is 2.29. The molecule has 0 aliphatic carbocycles. The summed E-state index contributed by atoms with van der Waals surface area (Å²) in [6.07, 6.45) is 0.131. The Kier molecular flexibility index (Phi) is 4.81. The third kappa shape index (κ3) is 3.89. The van der Waals surface area contributed by atoms with Crippen LogP contribution in [0.4, 0.5) is 18.9 Å². The van der Waals surface area contributed by atoms with Crippen molar-refractivity contribution in [2.75, 3.05) is 5.32 Å². The van der Waals surface area contributed by atoms with E-state index in [9.17, 15) is 13.2 Å². The zero-order valence-electron chi connectivity index (χ0n) is 16.5. The van der Waals surface area contributed by atoms with E-state index in [1.54, 1.807) is 17.2 Å². The molecule has 5 rings (SSSR count). The van der Waals surface area contributed by atoms with Gasteiger partial charge >= 0.3 is 6.18 Å². The third-order valence-electron chi connectivity index (χ3n) is 4.91. The zero-order chi connectivity index (χ0) is 22.1. The molecule has 0 saturated carbocycles. The van der Waals surface area contributed by atoms with Crippen LogP contribution in [0.25, 0.3) is 22.4 Å². The number of benzene rings is 2. The lowest BCUT2D eigenvalue weighted by Gasteiger charge is -2.08. The lowest BCUT2D eigenvalue weighted by Crippen LogP contribution is -2.09. The van der Waals surface area contributed by atoms with Crippen molar-refractivity contribution in [1.82, 2.24) is 29.5 Å². The molecule has 32 heavy (non-hydrogen) atoms. The largest absolute Gasteiger partial charge is 0.433 e. The van der Waals surface area contributed by atoms with Crippen LogP contribution in [0.2, 0.25) is 0 Å². The Morgan fingerprint density at radius 2 is 1.69 bits per heavy atom. The maximum atomic E-state index is 12.8. The number of hydrogen-bond donors (Lipinski definition) is 1. The number of hydrogen-bond acceptors (Lipinski definition) is 5. The Hall–Kier alpha value is -4.21. The minimum Gasteiger partial charge on any atom is -0.379 e. The van der Waals surface area contributed by atoms with Gasteiger partial charge in [0.1, 0.15) is 17.7 Å². The second-order valence-corrected chi connectivity index (χ2v) is 7.06. The molecule has 7 nitrogen and oxygen atoms in total. The van der Waals surface area contributed by atoms with Gasteiger partial charge in [-0.05, 0) is 48.5 Å². The molecule has 2 aromatic carbocycles. The molecular formula is C22H16F3N7. The highest BCUT2D eigenvalue weighted by atomic mass is 19.4. The van der Waals surface area contributed by atoms with Gasteiger partial charge in [-0.25, -0.2) is 9.67 Å². The van der Waals surface area contributed by atoms with Crippen LogP contribution in [0.5, 0.6) is 0 Å². The maximum Gasteiger partial charge on any atom is 0.433 e. The SMILES string of the molecule is FC(F)(F)c1cc(NCc2cn(-c3ccc(-n4cnc5ccccc54)cc3)nn2)ccn1. The number of alkyl halides is 3. The van der Waals surface area contributed by atoms with E-state index in [-0.39, 0.29) is 6.54 Å². The van der Waals surface area contributed by atoms with Gasteiger partial charge in [0.05, 0.1) is 29.5 Å². The van der Waals surface area contributed by atoms with Crippen molar-refractivity contribution >= 4 is 16.7 Å². The van der Waals surface area contributed by atoms with Crippen LogP contribution in [0.15, 0.2) is 79.4 Å². The van der Waals surface area contributed by atoms with Crippen molar-refractivity contribution in [2.45, 2.75) is 12.7 Å². The number of halogens is 3.